The molecule has 37 heavy (non-hydrogen) atoms. The highest BCUT2D eigenvalue weighted by Gasteiger charge is 2.29. The van der Waals surface area contributed by atoms with Crippen LogP contribution in [0.3, 0.4) is 0 Å². The lowest BCUT2D eigenvalue weighted by molar-refractivity contribution is -0.143. The van der Waals surface area contributed by atoms with Gasteiger partial charge < -0.3 is 42.6 Å². The lowest BCUT2D eigenvalue weighted by Crippen LogP contribution is -2.57. The maximum atomic E-state index is 12.7. The topological polar surface area (TPSA) is 247 Å². The second-order valence-corrected chi connectivity index (χ2v) is 8.46. The molecule has 0 aliphatic heterocycles. The number of H-pyrrole nitrogens is 1. The Hall–Kier alpha value is -4.46. The summed E-state index contributed by atoms with van der Waals surface area (Å²) in [6, 6.07) is 2.10. The van der Waals surface area contributed by atoms with Gasteiger partial charge in [-0.3, -0.25) is 24.0 Å². The summed E-state index contributed by atoms with van der Waals surface area (Å²) in [6.45, 7) is 1.25. The molecule has 4 amide bonds. The highest BCUT2D eigenvalue weighted by Crippen LogP contribution is 2.18. The van der Waals surface area contributed by atoms with Gasteiger partial charge in [-0.1, -0.05) is 18.2 Å². The normalized spacial score (nSPS) is 14.1. The Balaban J connectivity index is 2.01. The predicted octanol–water partition coefficient (Wildman–Crippen LogP) is -1.66. The van der Waals surface area contributed by atoms with E-state index >= 15 is 0 Å². The number of carbonyl (C=O) groups excluding carboxylic acids is 4. The summed E-state index contributed by atoms with van der Waals surface area (Å²) < 4.78 is 0. The number of hydrogen-bond donors (Lipinski definition) is 8. The SMILES string of the molecule is CC(NC(=O)C(CC(N)=O)NC(=O)C(N)Cc1c[nH]c2ccccc12)C(=O)NC(CCC(=O)O)C(=O)O. The molecule has 0 spiro atoms. The molecule has 0 saturated heterocycles. The summed E-state index contributed by atoms with van der Waals surface area (Å²) in [7, 11) is 0. The Morgan fingerprint density at radius 3 is 2.22 bits per heavy atom. The summed E-state index contributed by atoms with van der Waals surface area (Å²) in [5.41, 5.74) is 12.9. The Kier molecular flexibility index (Phi) is 10.1. The zero-order chi connectivity index (χ0) is 27.7. The molecule has 0 radical (unpaired) electrons. The van der Waals surface area contributed by atoms with Crippen molar-refractivity contribution in [3.05, 3.63) is 36.0 Å². The van der Waals surface area contributed by atoms with E-state index in [9.17, 15) is 33.9 Å². The van der Waals surface area contributed by atoms with Gasteiger partial charge in [0.2, 0.25) is 23.6 Å². The Morgan fingerprint density at radius 1 is 0.946 bits per heavy atom. The number of aliphatic carboxylic acids is 2. The molecule has 4 unspecified atom stereocenters. The smallest absolute Gasteiger partial charge is 0.326 e. The van der Waals surface area contributed by atoms with Crippen molar-refractivity contribution >= 4 is 46.5 Å². The van der Waals surface area contributed by atoms with Gasteiger partial charge in [-0.2, -0.15) is 0 Å². The van der Waals surface area contributed by atoms with Crippen molar-refractivity contribution in [3.63, 3.8) is 0 Å². The van der Waals surface area contributed by atoms with Crippen molar-refractivity contribution in [2.24, 2.45) is 11.5 Å². The van der Waals surface area contributed by atoms with Crippen molar-refractivity contribution in [1.29, 1.82) is 0 Å². The van der Waals surface area contributed by atoms with Crippen LogP contribution >= 0.6 is 0 Å². The van der Waals surface area contributed by atoms with Crippen LogP contribution in [-0.2, 0) is 35.2 Å². The zero-order valence-electron chi connectivity index (χ0n) is 20.0. The van der Waals surface area contributed by atoms with Gasteiger partial charge in [0.15, 0.2) is 0 Å². The number of nitrogens with two attached hydrogens (primary N) is 2. The van der Waals surface area contributed by atoms with Crippen LogP contribution in [0, 0.1) is 0 Å². The van der Waals surface area contributed by atoms with E-state index in [1.165, 1.54) is 6.92 Å². The molecule has 0 aliphatic rings. The molecular formula is C23H30N6O8. The van der Waals surface area contributed by atoms with E-state index in [0.717, 1.165) is 16.5 Å². The fourth-order valence-electron chi connectivity index (χ4n) is 3.52. The molecule has 0 aliphatic carbocycles. The minimum Gasteiger partial charge on any atom is -0.481 e. The minimum absolute atomic E-state index is 0.131. The maximum absolute atomic E-state index is 12.7. The molecule has 1 aromatic heterocycles. The summed E-state index contributed by atoms with van der Waals surface area (Å²) in [4.78, 5) is 74.3. The number of para-hydroxylation sites is 1. The molecule has 14 heteroatoms. The van der Waals surface area contributed by atoms with E-state index in [0.29, 0.717) is 0 Å². The first-order valence-corrected chi connectivity index (χ1v) is 11.3. The standard InChI is InChI=1S/C23H30N6O8/c1-11(20(33)28-16(23(36)37)6-7-19(31)32)27-22(35)17(9-18(25)30)29-21(34)14(24)8-12-10-26-15-5-3-2-4-13(12)15/h2-5,10-11,14,16-17,26H,6-9,24H2,1H3,(H2,25,30)(H,27,35)(H,28,33)(H,29,34)(H,31,32)(H,36,37). The lowest BCUT2D eigenvalue weighted by Gasteiger charge is -2.23. The molecule has 10 N–H and O–H groups in total. The number of nitrogens with one attached hydrogen (secondary N) is 4. The van der Waals surface area contributed by atoms with Crippen molar-refractivity contribution in [2.75, 3.05) is 0 Å². The lowest BCUT2D eigenvalue weighted by atomic mass is 10.0. The number of rotatable bonds is 14. The Bertz CT molecular complexity index is 1180. The Labute approximate surface area is 211 Å². The van der Waals surface area contributed by atoms with Crippen LogP contribution in [-0.4, -0.2) is 74.9 Å². The molecule has 1 heterocycles. The van der Waals surface area contributed by atoms with Gasteiger partial charge in [0.25, 0.3) is 0 Å². The average molecular weight is 519 g/mol. The van der Waals surface area contributed by atoms with Gasteiger partial charge in [0, 0.05) is 23.5 Å². The molecule has 2 rings (SSSR count). The number of carboxylic acids is 2. The highest BCUT2D eigenvalue weighted by molar-refractivity contribution is 5.96. The molecule has 4 atom stereocenters. The van der Waals surface area contributed by atoms with Gasteiger partial charge in [-0.25, -0.2) is 4.79 Å². The zero-order valence-corrected chi connectivity index (χ0v) is 20.0. The van der Waals surface area contributed by atoms with Gasteiger partial charge in [-0.05, 0) is 31.4 Å². The first-order chi connectivity index (χ1) is 17.4. The van der Waals surface area contributed by atoms with E-state index in [1.54, 1.807) is 6.20 Å². The third-order valence-corrected chi connectivity index (χ3v) is 5.50. The highest BCUT2D eigenvalue weighted by atomic mass is 16.4. The minimum atomic E-state index is -1.49. The molecule has 0 saturated carbocycles. The van der Waals surface area contributed by atoms with E-state index in [4.69, 9.17) is 16.6 Å². The number of fused-ring (bicyclic) bond motifs is 1. The van der Waals surface area contributed by atoms with Crippen molar-refractivity contribution in [1.82, 2.24) is 20.9 Å². The van der Waals surface area contributed by atoms with Crippen LogP contribution in [0.15, 0.2) is 30.5 Å². The second kappa shape index (κ2) is 13.0. The van der Waals surface area contributed by atoms with Crippen LogP contribution in [0.25, 0.3) is 10.9 Å². The summed E-state index contributed by atoms with van der Waals surface area (Å²) in [5, 5.41) is 25.6. The van der Waals surface area contributed by atoms with E-state index < -0.39 is 72.6 Å². The summed E-state index contributed by atoms with van der Waals surface area (Å²) in [5.74, 6) is -6.16. The quantitative estimate of drug-likeness (QED) is 0.142. The number of primary amides is 1. The van der Waals surface area contributed by atoms with Gasteiger partial charge in [0.1, 0.15) is 18.1 Å². The van der Waals surface area contributed by atoms with Crippen LogP contribution in [0.1, 0.15) is 31.7 Å². The predicted molar refractivity (Wildman–Crippen MR) is 130 cm³/mol. The monoisotopic (exact) mass is 518 g/mol. The molecule has 0 bridgehead atoms. The second-order valence-electron chi connectivity index (χ2n) is 8.46. The van der Waals surface area contributed by atoms with Crippen molar-refractivity contribution < 1.29 is 39.0 Å². The fraction of sp³-hybridized carbons (Fsp3) is 0.391. The number of aromatic nitrogens is 1. The molecular weight excluding hydrogens is 488 g/mol. The fourth-order valence-corrected chi connectivity index (χ4v) is 3.52. The number of carboxylic acid groups (broad SMARTS) is 2. The summed E-state index contributed by atoms with van der Waals surface area (Å²) >= 11 is 0. The third-order valence-electron chi connectivity index (χ3n) is 5.50. The molecule has 0 fully saturated rings. The molecule has 2 aromatic rings. The van der Waals surface area contributed by atoms with Gasteiger partial charge in [0.05, 0.1) is 12.5 Å². The molecule has 200 valence electrons. The largest absolute Gasteiger partial charge is 0.481 e. The number of aromatic amines is 1. The number of amides is 4. The van der Waals surface area contributed by atoms with Crippen LogP contribution in [0.5, 0.6) is 0 Å². The summed E-state index contributed by atoms with van der Waals surface area (Å²) in [6.07, 6.45) is 0.399. The third kappa shape index (κ3) is 8.61. The van der Waals surface area contributed by atoms with Crippen LogP contribution in [0.4, 0.5) is 0 Å². The number of carbonyl (C=O) groups is 6. The van der Waals surface area contributed by atoms with Gasteiger partial charge >= 0.3 is 11.9 Å². The van der Waals surface area contributed by atoms with E-state index in [1.807, 2.05) is 24.3 Å². The maximum Gasteiger partial charge on any atom is 0.326 e. The van der Waals surface area contributed by atoms with Crippen molar-refractivity contribution in [3.8, 4) is 0 Å². The van der Waals surface area contributed by atoms with Crippen molar-refractivity contribution in [2.45, 2.75) is 56.8 Å². The van der Waals surface area contributed by atoms with Gasteiger partial charge in [-0.15, -0.1) is 0 Å². The van der Waals surface area contributed by atoms with E-state index in [2.05, 4.69) is 20.9 Å². The number of benzene rings is 1. The van der Waals surface area contributed by atoms with E-state index in [-0.39, 0.29) is 12.8 Å². The molecule has 1 aromatic carbocycles. The average Bonchev–Trinajstić information content (AvgIpc) is 3.23. The van der Waals surface area contributed by atoms with Crippen LogP contribution in [0.2, 0.25) is 0 Å². The number of hydrogen-bond acceptors (Lipinski definition) is 7. The Morgan fingerprint density at radius 2 is 1.59 bits per heavy atom. The first kappa shape index (κ1) is 28.8. The first-order valence-electron chi connectivity index (χ1n) is 11.3. The van der Waals surface area contributed by atoms with Crippen LogP contribution < -0.4 is 27.4 Å². The molecule has 14 nitrogen and oxygen atoms in total.